The molecule has 0 radical (unpaired) electrons. The van der Waals surface area contributed by atoms with Crippen molar-refractivity contribution in [1.29, 1.82) is 0 Å². The minimum Gasteiger partial charge on any atom is -0.462 e. The van der Waals surface area contributed by atoms with E-state index in [4.69, 9.17) is 4.74 Å². The molecule has 0 spiro atoms. The highest BCUT2D eigenvalue weighted by Crippen LogP contribution is 2.31. The van der Waals surface area contributed by atoms with Crippen molar-refractivity contribution in [3.05, 3.63) is 34.3 Å². The van der Waals surface area contributed by atoms with Crippen LogP contribution in [0.3, 0.4) is 0 Å². The fraction of sp³-hybridized carbons (Fsp3) is 0.632. The van der Waals surface area contributed by atoms with Crippen LogP contribution in [0.25, 0.3) is 0 Å². The molecule has 1 aromatic carbocycles. The first-order valence-electron chi connectivity index (χ1n) is 8.66. The quantitative estimate of drug-likeness (QED) is 0.417. The average Bonchev–Trinajstić information content (AvgIpc) is 2.52. The third kappa shape index (κ3) is 5.42. The zero-order valence-electron chi connectivity index (χ0n) is 13.5. The number of rotatable bonds is 8. The van der Waals surface area contributed by atoms with Crippen molar-refractivity contribution in [2.24, 2.45) is 0 Å². The zero-order chi connectivity index (χ0) is 15.8. The van der Waals surface area contributed by atoms with Gasteiger partial charge in [0.15, 0.2) is 0 Å². The molecular weight excluding hydrogens is 340 g/mol. The van der Waals surface area contributed by atoms with Crippen molar-refractivity contribution in [3.8, 4) is 0 Å². The molecule has 2 unspecified atom stereocenters. The van der Waals surface area contributed by atoms with Crippen LogP contribution in [0.15, 0.2) is 28.7 Å². The van der Waals surface area contributed by atoms with E-state index < -0.39 is 0 Å². The molecule has 0 saturated carbocycles. The Labute approximate surface area is 142 Å². The summed E-state index contributed by atoms with van der Waals surface area (Å²) < 4.78 is 6.70. The second-order valence-corrected chi connectivity index (χ2v) is 7.21. The van der Waals surface area contributed by atoms with Crippen LogP contribution in [0.2, 0.25) is 0 Å². The predicted octanol–water partition coefficient (Wildman–Crippen LogP) is 5.99. The largest absolute Gasteiger partial charge is 0.462 e. The summed E-state index contributed by atoms with van der Waals surface area (Å²) in [5.41, 5.74) is 1.08. The molecule has 1 aliphatic rings. The summed E-state index contributed by atoms with van der Waals surface area (Å²) in [5, 5.41) is 0. The lowest BCUT2D eigenvalue weighted by molar-refractivity contribution is -0.156. The van der Waals surface area contributed by atoms with E-state index in [-0.39, 0.29) is 18.0 Å². The zero-order valence-corrected chi connectivity index (χ0v) is 15.1. The van der Waals surface area contributed by atoms with Gasteiger partial charge in [-0.25, -0.2) is 0 Å². The Balaban J connectivity index is 1.71. The maximum Gasteiger partial charge on any atom is 0.313 e. The summed E-state index contributed by atoms with van der Waals surface area (Å²) in [5.74, 6) is -0.113. The van der Waals surface area contributed by atoms with E-state index in [1.807, 2.05) is 24.3 Å². The molecular formula is C19H27BrO2. The third-order valence-electron chi connectivity index (χ3n) is 4.50. The molecule has 122 valence electrons. The lowest BCUT2D eigenvalue weighted by Gasteiger charge is -2.28. The van der Waals surface area contributed by atoms with E-state index in [0.717, 1.165) is 29.3 Å². The van der Waals surface area contributed by atoms with Crippen molar-refractivity contribution in [2.75, 3.05) is 0 Å². The molecule has 1 aliphatic heterocycles. The number of carbonyl (C=O) groups is 1. The Hall–Kier alpha value is -0.830. The highest BCUT2D eigenvalue weighted by atomic mass is 79.9. The molecule has 2 nitrogen and oxygen atoms in total. The molecule has 2 atom stereocenters. The van der Waals surface area contributed by atoms with Crippen LogP contribution >= 0.6 is 15.9 Å². The smallest absolute Gasteiger partial charge is 0.313 e. The topological polar surface area (TPSA) is 26.3 Å². The Morgan fingerprint density at radius 1 is 1.05 bits per heavy atom. The minimum atomic E-state index is -0.0751. The first kappa shape index (κ1) is 17.5. The summed E-state index contributed by atoms with van der Waals surface area (Å²) in [6.07, 6.45) is 10.8. The van der Waals surface area contributed by atoms with Crippen molar-refractivity contribution in [3.63, 3.8) is 0 Å². The Morgan fingerprint density at radius 3 is 2.41 bits per heavy atom. The molecule has 0 aliphatic carbocycles. The number of hydrogen-bond acceptors (Lipinski definition) is 2. The fourth-order valence-electron chi connectivity index (χ4n) is 3.13. The standard InChI is InChI=1S/C19H27BrO2/c1-2-3-4-5-6-7-8-17-13-14-18(19(21)22-17)15-9-11-16(20)12-10-15/h9-12,17-18H,2-8,13-14H2,1H3. The van der Waals surface area contributed by atoms with Crippen molar-refractivity contribution < 1.29 is 9.53 Å². The summed E-state index contributed by atoms with van der Waals surface area (Å²) in [4.78, 5) is 12.2. The first-order chi connectivity index (χ1) is 10.7. The third-order valence-corrected chi connectivity index (χ3v) is 5.03. The van der Waals surface area contributed by atoms with Gasteiger partial charge in [0.25, 0.3) is 0 Å². The van der Waals surface area contributed by atoms with E-state index in [9.17, 15) is 4.79 Å². The molecule has 22 heavy (non-hydrogen) atoms. The molecule has 0 aromatic heterocycles. The maximum atomic E-state index is 12.2. The second kappa shape index (κ2) is 9.34. The van der Waals surface area contributed by atoms with Crippen molar-refractivity contribution in [1.82, 2.24) is 0 Å². The highest BCUT2D eigenvalue weighted by Gasteiger charge is 2.30. The normalized spacial score (nSPS) is 21.6. The van der Waals surface area contributed by atoms with Gasteiger partial charge >= 0.3 is 5.97 Å². The lowest BCUT2D eigenvalue weighted by Crippen LogP contribution is -2.29. The number of esters is 1. The Bertz CT molecular complexity index is 455. The number of halogens is 1. The van der Waals surface area contributed by atoms with Gasteiger partial charge in [0.05, 0.1) is 5.92 Å². The number of cyclic esters (lactones) is 1. The van der Waals surface area contributed by atoms with Crippen LogP contribution in [0, 0.1) is 0 Å². The Kier molecular flexibility index (Phi) is 7.44. The van der Waals surface area contributed by atoms with Crippen LogP contribution in [0.5, 0.6) is 0 Å². The molecule has 1 heterocycles. The van der Waals surface area contributed by atoms with E-state index in [2.05, 4.69) is 22.9 Å². The maximum absolute atomic E-state index is 12.2. The van der Waals surface area contributed by atoms with Gasteiger partial charge in [0.1, 0.15) is 6.10 Å². The first-order valence-corrected chi connectivity index (χ1v) is 9.46. The SMILES string of the molecule is CCCCCCCCC1CCC(c2ccc(Br)cc2)C(=O)O1. The van der Waals surface area contributed by atoms with E-state index >= 15 is 0 Å². The summed E-state index contributed by atoms with van der Waals surface area (Å²) in [6.45, 7) is 2.24. The summed E-state index contributed by atoms with van der Waals surface area (Å²) in [6, 6.07) is 8.02. The number of benzene rings is 1. The van der Waals surface area contributed by atoms with Crippen molar-refractivity contribution >= 4 is 21.9 Å². The number of carbonyl (C=O) groups excluding carboxylic acids is 1. The van der Waals surface area contributed by atoms with Gasteiger partial charge in [0, 0.05) is 4.47 Å². The van der Waals surface area contributed by atoms with E-state index in [1.54, 1.807) is 0 Å². The summed E-state index contributed by atoms with van der Waals surface area (Å²) >= 11 is 3.43. The van der Waals surface area contributed by atoms with Crippen LogP contribution in [0.1, 0.15) is 76.2 Å². The highest BCUT2D eigenvalue weighted by molar-refractivity contribution is 9.10. The molecule has 0 bridgehead atoms. The Morgan fingerprint density at radius 2 is 1.73 bits per heavy atom. The van der Waals surface area contributed by atoms with Gasteiger partial charge in [-0.3, -0.25) is 4.79 Å². The molecule has 0 amide bonds. The molecule has 3 heteroatoms. The van der Waals surface area contributed by atoms with Gasteiger partial charge in [-0.2, -0.15) is 0 Å². The molecule has 1 saturated heterocycles. The van der Waals surface area contributed by atoms with Gasteiger partial charge in [0.2, 0.25) is 0 Å². The average molecular weight is 367 g/mol. The lowest BCUT2D eigenvalue weighted by atomic mass is 9.89. The number of unbranched alkanes of at least 4 members (excludes halogenated alkanes) is 5. The predicted molar refractivity (Wildman–Crippen MR) is 94.0 cm³/mol. The van der Waals surface area contributed by atoms with Crippen LogP contribution < -0.4 is 0 Å². The fourth-order valence-corrected chi connectivity index (χ4v) is 3.39. The number of ether oxygens (including phenoxy) is 1. The minimum absolute atomic E-state index is 0.0374. The monoisotopic (exact) mass is 366 g/mol. The number of hydrogen-bond donors (Lipinski definition) is 0. The van der Waals surface area contributed by atoms with E-state index in [1.165, 1.54) is 38.5 Å². The second-order valence-electron chi connectivity index (χ2n) is 6.30. The molecule has 0 N–H and O–H groups in total. The van der Waals surface area contributed by atoms with Gasteiger partial charge < -0.3 is 4.74 Å². The van der Waals surface area contributed by atoms with Crippen molar-refractivity contribution in [2.45, 2.75) is 76.7 Å². The molecule has 2 rings (SSSR count). The summed E-state index contributed by atoms with van der Waals surface area (Å²) in [7, 11) is 0. The van der Waals surface area contributed by atoms with Gasteiger partial charge in [-0.1, -0.05) is 67.1 Å². The molecule has 1 aromatic rings. The van der Waals surface area contributed by atoms with Gasteiger partial charge in [-0.15, -0.1) is 0 Å². The van der Waals surface area contributed by atoms with Gasteiger partial charge in [-0.05, 0) is 43.4 Å². The molecule has 1 fully saturated rings. The van der Waals surface area contributed by atoms with Crippen LogP contribution in [-0.4, -0.2) is 12.1 Å². The van der Waals surface area contributed by atoms with E-state index in [0.29, 0.717) is 0 Å². The van der Waals surface area contributed by atoms with Crippen LogP contribution in [-0.2, 0) is 9.53 Å². The van der Waals surface area contributed by atoms with Crippen LogP contribution in [0.4, 0.5) is 0 Å².